The van der Waals surface area contributed by atoms with E-state index in [1.807, 2.05) is 6.07 Å². The highest BCUT2D eigenvalue weighted by atomic mass is 16.5. The fourth-order valence-electron chi connectivity index (χ4n) is 1.92. The summed E-state index contributed by atoms with van der Waals surface area (Å²) in [6, 6.07) is 1.85. The molecule has 3 heterocycles. The zero-order valence-electron chi connectivity index (χ0n) is 8.14. The minimum absolute atomic E-state index is 0.102. The molecule has 5 nitrogen and oxygen atoms in total. The Morgan fingerprint density at radius 1 is 1.60 bits per heavy atom. The highest BCUT2D eigenvalue weighted by Gasteiger charge is 2.20. The van der Waals surface area contributed by atoms with Gasteiger partial charge >= 0.3 is 0 Å². The van der Waals surface area contributed by atoms with Crippen LogP contribution in [-0.2, 0) is 4.74 Å². The van der Waals surface area contributed by atoms with Crippen molar-refractivity contribution in [3.63, 3.8) is 0 Å². The van der Waals surface area contributed by atoms with Crippen molar-refractivity contribution in [1.29, 1.82) is 0 Å². The van der Waals surface area contributed by atoms with Gasteiger partial charge in [0.2, 0.25) is 0 Å². The van der Waals surface area contributed by atoms with E-state index in [4.69, 9.17) is 4.74 Å². The fourth-order valence-corrected chi connectivity index (χ4v) is 1.92. The van der Waals surface area contributed by atoms with Crippen LogP contribution in [0, 0.1) is 0 Å². The first-order valence-corrected chi connectivity index (χ1v) is 4.99. The monoisotopic (exact) mass is 205 g/mol. The van der Waals surface area contributed by atoms with E-state index < -0.39 is 0 Å². The summed E-state index contributed by atoms with van der Waals surface area (Å²) in [5.41, 5.74) is 1.44. The molecule has 5 heteroatoms. The zero-order chi connectivity index (χ0) is 10.3. The molecule has 0 radical (unpaired) electrons. The van der Waals surface area contributed by atoms with Crippen molar-refractivity contribution in [3.8, 4) is 0 Å². The quantitative estimate of drug-likeness (QED) is 0.738. The number of hydrogen-bond acceptors (Lipinski definition) is 3. The number of fused-ring (bicyclic) bond motifs is 1. The normalized spacial score (nSPS) is 21.2. The minimum Gasteiger partial charge on any atom is -0.381 e. The van der Waals surface area contributed by atoms with Gasteiger partial charge in [-0.15, -0.1) is 0 Å². The Hall–Kier alpha value is -1.62. The summed E-state index contributed by atoms with van der Waals surface area (Å²) in [5, 5.41) is 4.37. The van der Waals surface area contributed by atoms with Gasteiger partial charge in [0, 0.05) is 24.9 Å². The topological polar surface area (TPSA) is 59.4 Å². The predicted octanol–water partition coefficient (Wildman–Crippen LogP) is 0.526. The summed E-state index contributed by atoms with van der Waals surface area (Å²) in [4.78, 5) is 14.1. The van der Waals surface area contributed by atoms with Gasteiger partial charge in [-0.25, -0.2) is 4.52 Å². The van der Waals surface area contributed by atoms with Crippen molar-refractivity contribution < 1.29 is 4.74 Å². The molecule has 0 amide bonds. The van der Waals surface area contributed by atoms with Crippen molar-refractivity contribution >= 4 is 5.52 Å². The fraction of sp³-hybridized carbons (Fsp3) is 0.400. The maximum absolute atomic E-state index is 11.5. The molecule has 15 heavy (non-hydrogen) atoms. The number of H-pyrrole nitrogens is 1. The third-order valence-electron chi connectivity index (χ3n) is 2.77. The average Bonchev–Trinajstić information content (AvgIpc) is 2.86. The predicted molar refractivity (Wildman–Crippen MR) is 54.0 cm³/mol. The molecule has 0 aliphatic carbocycles. The number of aromatic nitrogens is 3. The van der Waals surface area contributed by atoms with Crippen LogP contribution in [0.4, 0.5) is 0 Å². The van der Waals surface area contributed by atoms with Crippen LogP contribution in [0.3, 0.4) is 0 Å². The standard InChI is InChI=1S/C10H11N3O2/c14-10-9-5-8(7-1-4-15-6-7)12-13(9)3-2-11-10/h2-3,5,7H,1,4,6H2,(H,11,14). The molecule has 1 aliphatic heterocycles. The lowest BCUT2D eigenvalue weighted by Crippen LogP contribution is -2.07. The third kappa shape index (κ3) is 1.35. The Balaban J connectivity index is 2.13. The first-order chi connectivity index (χ1) is 7.34. The van der Waals surface area contributed by atoms with E-state index in [0.29, 0.717) is 18.0 Å². The lowest BCUT2D eigenvalue weighted by atomic mass is 10.1. The van der Waals surface area contributed by atoms with Crippen LogP contribution < -0.4 is 5.56 Å². The molecule has 0 aromatic carbocycles. The number of aromatic amines is 1. The lowest BCUT2D eigenvalue weighted by molar-refractivity contribution is 0.193. The molecule has 3 rings (SSSR count). The maximum atomic E-state index is 11.5. The second-order valence-corrected chi connectivity index (χ2v) is 3.75. The molecule has 1 fully saturated rings. The SMILES string of the molecule is O=c1[nH]ccn2nc(C3CCOC3)cc12. The molecular formula is C10H11N3O2. The number of hydrogen-bond donors (Lipinski definition) is 1. The second-order valence-electron chi connectivity index (χ2n) is 3.75. The van der Waals surface area contributed by atoms with E-state index in [1.165, 1.54) is 0 Å². The summed E-state index contributed by atoms with van der Waals surface area (Å²) in [6.07, 6.45) is 4.33. The molecule has 1 aliphatic rings. The summed E-state index contributed by atoms with van der Waals surface area (Å²) in [7, 11) is 0. The van der Waals surface area contributed by atoms with Crippen molar-refractivity contribution in [2.45, 2.75) is 12.3 Å². The number of nitrogens with zero attached hydrogens (tertiary/aromatic N) is 2. The first kappa shape index (κ1) is 8.67. The van der Waals surface area contributed by atoms with E-state index >= 15 is 0 Å². The van der Waals surface area contributed by atoms with Crippen LogP contribution >= 0.6 is 0 Å². The van der Waals surface area contributed by atoms with Gasteiger partial charge in [-0.3, -0.25) is 4.79 Å². The molecule has 1 atom stereocenters. The summed E-state index contributed by atoms with van der Waals surface area (Å²) >= 11 is 0. The second kappa shape index (κ2) is 3.20. The van der Waals surface area contributed by atoms with E-state index in [1.54, 1.807) is 16.9 Å². The largest absolute Gasteiger partial charge is 0.381 e. The van der Waals surface area contributed by atoms with Gasteiger partial charge in [0.25, 0.3) is 5.56 Å². The van der Waals surface area contributed by atoms with Gasteiger partial charge in [0.1, 0.15) is 5.52 Å². The Labute approximate surface area is 85.7 Å². The molecule has 78 valence electrons. The van der Waals surface area contributed by atoms with Gasteiger partial charge in [-0.1, -0.05) is 0 Å². The Bertz CT molecular complexity index is 537. The molecule has 1 saturated heterocycles. The molecule has 1 unspecified atom stereocenters. The molecular weight excluding hydrogens is 194 g/mol. The number of rotatable bonds is 1. The van der Waals surface area contributed by atoms with Crippen molar-refractivity contribution in [3.05, 3.63) is 34.5 Å². The summed E-state index contributed by atoms with van der Waals surface area (Å²) in [6.45, 7) is 1.50. The molecule has 1 N–H and O–H groups in total. The molecule has 0 saturated carbocycles. The van der Waals surface area contributed by atoms with Crippen LogP contribution in [0.2, 0.25) is 0 Å². The Morgan fingerprint density at radius 2 is 2.53 bits per heavy atom. The van der Waals surface area contributed by atoms with E-state index in [-0.39, 0.29) is 5.56 Å². The zero-order valence-corrected chi connectivity index (χ0v) is 8.14. The van der Waals surface area contributed by atoms with Gasteiger partial charge < -0.3 is 9.72 Å². The highest BCUT2D eigenvalue weighted by Crippen LogP contribution is 2.23. The first-order valence-electron chi connectivity index (χ1n) is 4.99. The Kier molecular flexibility index (Phi) is 1.85. The Morgan fingerprint density at radius 3 is 3.27 bits per heavy atom. The van der Waals surface area contributed by atoms with E-state index in [2.05, 4.69) is 10.1 Å². The van der Waals surface area contributed by atoms with Gasteiger partial charge in [0.15, 0.2) is 0 Å². The van der Waals surface area contributed by atoms with Crippen LogP contribution in [0.25, 0.3) is 5.52 Å². The molecule has 0 bridgehead atoms. The summed E-state index contributed by atoms with van der Waals surface area (Å²) in [5.74, 6) is 0.337. The number of ether oxygens (including phenoxy) is 1. The lowest BCUT2D eigenvalue weighted by Gasteiger charge is -2.00. The minimum atomic E-state index is -0.102. The van der Waals surface area contributed by atoms with Crippen LogP contribution in [0.1, 0.15) is 18.0 Å². The smallest absolute Gasteiger partial charge is 0.273 e. The number of nitrogens with one attached hydrogen (secondary N) is 1. The molecule has 0 spiro atoms. The average molecular weight is 205 g/mol. The van der Waals surface area contributed by atoms with Crippen LogP contribution in [0.15, 0.2) is 23.3 Å². The van der Waals surface area contributed by atoms with E-state index in [0.717, 1.165) is 18.7 Å². The summed E-state index contributed by atoms with van der Waals surface area (Å²) < 4.78 is 6.92. The van der Waals surface area contributed by atoms with Gasteiger partial charge in [-0.05, 0) is 12.5 Å². The van der Waals surface area contributed by atoms with Crippen LogP contribution in [-0.4, -0.2) is 27.8 Å². The van der Waals surface area contributed by atoms with Crippen molar-refractivity contribution in [2.75, 3.05) is 13.2 Å². The van der Waals surface area contributed by atoms with Crippen LogP contribution in [0.5, 0.6) is 0 Å². The van der Waals surface area contributed by atoms with Crippen molar-refractivity contribution in [2.24, 2.45) is 0 Å². The third-order valence-corrected chi connectivity index (χ3v) is 2.77. The van der Waals surface area contributed by atoms with Crippen molar-refractivity contribution in [1.82, 2.24) is 14.6 Å². The highest BCUT2D eigenvalue weighted by molar-refractivity contribution is 5.45. The van der Waals surface area contributed by atoms with Gasteiger partial charge in [0.05, 0.1) is 12.3 Å². The molecule has 2 aromatic heterocycles. The molecule has 2 aromatic rings. The van der Waals surface area contributed by atoms with E-state index in [9.17, 15) is 4.79 Å². The maximum Gasteiger partial charge on any atom is 0.273 e. The van der Waals surface area contributed by atoms with Gasteiger partial charge in [-0.2, -0.15) is 5.10 Å².